The summed E-state index contributed by atoms with van der Waals surface area (Å²) in [4.78, 5) is 19.8. The second kappa shape index (κ2) is 11.0. The van der Waals surface area contributed by atoms with E-state index in [-0.39, 0.29) is 5.95 Å². The first-order valence-corrected chi connectivity index (χ1v) is 9.53. The number of ether oxygens (including phenoxy) is 2. The number of aromatic nitrogens is 2. The molecule has 0 saturated heterocycles. The van der Waals surface area contributed by atoms with Crippen LogP contribution in [0.1, 0.15) is 43.9 Å². The van der Waals surface area contributed by atoms with Crippen LogP contribution < -0.4 is 9.47 Å². The number of hydrogen-bond acceptors (Lipinski definition) is 7. The van der Waals surface area contributed by atoms with Gasteiger partial charge in [0.1, 0.15) is 18.5 Å². The second-order valence-electron chi connectivity index (χ2n) is 6.63. The van der Waals surface area contributed by atoms with Crippen LogP contribution in [0.3, 0.4) is 0 Å². The van der Waals surface area contributed by atoms with Crippen molar-refractivity contribution in [1.82, 2.24) is 9.55 Å². The van der Waals surface area contributed by atoms with Gasteiger partial charge in [0.05, 0.1) is 26.5 Å². The Morgan fingerprint density at radius 2 is 1.90 bits per heavy atom. The summed E-state index contributed by atoms with van der Waals surface area (Å²) in [6.07, 6.45) is 5.35. The maximum Gasteiger partial charge on any atom is 0.434 e. The number of aryl methyl sites for hydroxylation is 2. The van der Waals surface area contributed by atoms with Crippen molar-refractivity contribution < 1.29 is 19.2 Å². The minimum absolute atomic E-state index is 0.0918. The van der Waals surface area contributed by atoms with Gasteiger partial charge >= 0.3 is 5.95 Å². The van der Waals surface area contributed by atoms with Crippen molar-refractivity contribution in [1.29, 1.82) is 0 Å². The first-order chi connectivity index (χ1) is 14.0. The third-order valence-electron chi connectivity index (χ3n) is 4.43. The molecular formula is C20H28N4O5. The average Bonchev–Trinajstić information content (AvgIpc) is 3.10. The molecule has 0 saturated carbocycles. The standard InChI is InChI=1S/C20H28N4O5/c1-15-14-23(20(21-15)24(25)26)11-7-5-6-8-12-29-22-16(2)17-9-10-18(27-3)19(13-17)28-4/h9-10,13-14H,5-8,11-12H2,1-4H3/b22-16+. The first-order valence-electron chi connectivity index (χ1n) is 9.53. The molecule has 0 unspecified atom stereocenters. The number of methoxy groups -OCH3 is 2. The maximum atomic E-state index is 10.9. The van der Waals surface area contributed by atoms with E-state index in [0.29, 0.717) is 30.3 Å². The van der Waals surface area contributed by atoms with Crippen molar-refractivity contribution in [3.63, 3.8) is 0 Å². The zero-order chi connectivity index (χ0) is 21.2. The second-order valence-corrected chi connectivity index (χ2v) is 6.63. The Morgan fingerprint density at radius 3 is 2.59 bits per heavy atom. The van der Waals surface area contributed by atoms with Gasteiger partial charge in [0.25, 0.3) is 0 Å². The number of hydrogen-bond donors (Lipinski definition) is 0. The molecule has 9 heteroatoms. The molecular weight excluding hydrogens is 376 g/mol. The van der Waals surface area contributed by atoms with Crippen LogP contribution in [0.25, 0.3) is 0 Å². The summed E-state index contributed by atoms with van der Waals surface area (Å²) in [5, 5.41) is 15.1. The number of imidazole rings is 1. The molecule has 1 aromatic heterocycles. The van der Waals surface area contributed by atoms with Gasteiger partial charge in [-0.05, 0) is 56.2 Å². The zero-order valence-electron chi connectivity index (χ0n) is 17.4. The molecule has 29 heavy (non-hydrogen) atoms. The molecule has 1 aromatic carbocycles. The fraction of sp³-hybridized carbons (Fsp3) is 0.500. The minimum atomic E-state index is -0.445. The summed E-state index contributed by atoms with van der Waals surface area (Å²) in [6, 6.07) is 5.60. The Balaban J connectivity index is 1.68. The smallest absolute Gasteiger partial charge is 0.434 e. The number of oxime groups is 1. The van der Waals surface area contributed by atoms with E-state index in [9.17, 15) is 10.1 Å². The van der Waals surface area contributed by atoms with Gasteiger partial charge in [-0.2, -0.15) is 0 Å². The Morgan fingerprint density at radius 1 is 1.17 bits per heavy atom. The van der Waals surface area contributed by atoms with Crippen molar-refractivity contribution in [3.8, 4) is 11.5 Å². The van der Waals surface area contributed by atoms with Crippen molar-refractivity contribution in [2.75, 3.05) is 20.8 Å². The van der Waals surface area contributed by atoms with E-state index in [2.05, 4.69) is 10.1 Å². The summed E-state index contributed by atoms with van der Waals surface area (Å²) in [6.45, 7) is 4.75. The molecule has 2 aromatic rings. The Bertz CT molecular complexity index is 847. The minimum Gasteiger partial charge on any atom is -0.493 e. The predicted octanol–water partition coefficient (Wildman–Crippen LogP) is 4.12. The quantitative estimate of drug-likeness (QED) is 0.228. The lowest BCUT2D eigenvalue weighted by atomic mass is 10.1. The first kappa shape index (κ1) is 22.2. The van der Waals surface area contributed by atoms with Gasteiger partial charge < -0.3 is 24.4 Å². The predicted molar refractivity (Wildman–Crippen MR) is 110 cm³/mol. The number of rotatable bonds is 12. The SMILES string of the molecule is COc1ccc(/C(C)=N/OCCCCCCn2cc(C)nc2[N+](=O)[O-])cc1OC. The van der Waals surface area contributed by atoms with Gasteiger partial charge in [-0.3, -0.25) is 0 Å². The van der Waals surface area contributed by atoms with Crippen molar-refractivity contribution in [2.45, 2.75) is 46.1 Å². The molecule has 1 heterocycles. The Labute approximate surface area is 170 Å². The average molecular weight is 404 g/mol. The van der Waals surface area contributed by atoms with E-state index in [1.165, 1.54) is 0 Å². The lowest BCUT2D eigenvalue weighted by Crippen LogP contribution is -2.03. The number of unbranched alkanes of at least 4 members (excludes halogenated alkanes) is 3. The molecule has 0 atom stereocenters. The molecule has 158 valence electrons. The Kier molecular flexibility index (Phi) is 8.45. The molecule has 0 aliphatic heterocycles. The molecule has 0 aliphatic rings. The lowest BCUT2D eigenvalue weighted by molar-refractivity contribution is -0.396. The summed E-state index contributed by atoms with van der Waals surface area (Å²) in [5.74, 6) is 1.22. The topological polar surface area (TPSA) is 101 Å². The molecule has 0 bridgehead atoms. The van der Waals surface area contributed by atoms with Gasteiger partial charge in [-0.25, -0.2) is 4.57 Å². The summed E-state index contributed by atoms with van der Waals surface area (Å²) >= 11 is 0. The van der Waals surface area contributed by atoms with E-state index < -0.39 is 4.92 Å². The van der Waals surface area contributed by atoms with E-state index in [0.717, 1.165) is 37.0 Å². The van der Waals surface area contributed by atoms with Gasteiger partial charge in [-0.15, -0.1) is 0 Å². The highest BCUT2D eigenvalue weighted by molar-refractivity contribution is 5.98. The highest BCUT2D eigenvalue weighted by Crippen LogP contribution is 2.27. The molecule has 0 N–H and O–H groups in total. The number of nitro groups is 1. The molecule has 0 aliphatic carbocycles. The summed E-state index contributed by atoms with van der Waals surface area (Å²) in [5.41, 5.74) is 2.32. The van der Waals surface area contributed by atoms with E-state index >= 15 is 0 Å². The largest absolute Gasteiger partial charge is 0.493 e. The fourth-order valence-electron chi connectivity index (χ4n) is 2.90. The molecule has 0 fully saturated rings. The van der Waals surface area contributed by atoms with Crippen LogP contribution >= 0.6 is 0 Å². The monoisotopic (exact) mass is 404 g/mol. The normalized spacial score (nSPS) is 11.4. The van der Waals surface area contributed by atoms with Gasteiger partial charge in [-0.1, -0.05) is 16.6 Å². The lowest BCUT2D eigenvalue weighted by Gasteiger charge is -2.09. The van der Waals surface area contributed by atoms with E-state index in [1.807, 2.05) is 25.1 Å². The van der Waals surface area contributed by atoms with Crippen LogP contribution in [-0.2, 0) is 11.4 Å². The highest BCUT2D eigenvalue weighted by atomic mass is 16.6. The van der Waals surface area contributed by atoms with Gasteiger partial charge in [0, 0.05) is 5.56 Å². The fourth-order valence-corrected chi connectivity index (χ4v) is 2.90. The van der Waals surface area contributed by atoms with Crippen LogP contribution in [0.5, 0.6) is 11.5 Å². The van der Waals surface area contributed by atoms with Crippen LogP contribution in [0.2, 0.25) is 0 Å². The van der Waals surface area contributed by atoms with E-state index in [4.69, 9.17) is 14.3 Å². The molecule has 0 radical (unpaired) electrons. The van der Waals surface area contributed by atoms with Crippen molar-refractivity contribution >= 4 is 11.7 Å². The zero-order valence-corrected chi connectivity index (χ0v) is 17.4. The van der Waals surface area contributed by atoms with Gasteiger partial charge in [0.2, 0.25) is 0 Å². The van der Waals surface area contributed by atoms with Crippen molar-refractivity contribution in [3.05, 3.63) is 45.8 Å². The molecule has 2 rings (SSSR count). The van der Waals surface area contributed by atoms with Gasteiger partial charge in [0.15, 0.2) is 11.5 Å². The summed E-state index contributed by atoms with van der Waals surface area (Å²) < 4.78 is 12.1. The van der Waals surface area contributed by atoms with Crippen LogP contribution in [0.4, 0.5) is 5.95 Å². The van der Waals surface area contributed by atoms with Crippen LogP contribution in [-0.4, -0.2) is 41.0 Å². The Hall–Kier alpha value is -3.10. The molecule has 0 amide bonds. The van der Waals surface area contributed by atoms with Crippen molar-refractivity contribution in [2.24, 2.45) is 5.16 Å². The van der Waals surface area contributed by atoms with E-state index in [1.54, 1.807) is 31.9 Å². The molecule has 9 nitrogen and oxygen atoms in total. The third kappa shape index (κ3) is 6.48. The highest BCUT2D eigenvalue weighted by Gasteiger charge is 2.16. The van der Waals surface area contributed by atoms with Crippen LogP contribution in [0, 0.1) is 17.0 Å². The van der Waals surface area contributed by atoms with Crippen LogP contribution in [0.15, 0.2) is 29.6 Å². The summed E-state index contributed by atoms with van der Waals surface area (Å²) in [7, 11) is 3.19. The number of nitrogens with zero attached hydrogens (tertiary/aromatic N) is 4. The third-order valence-corrected chi connectivity index (χ3v) is 4.43. The molecule has 0 spiro atoms. The number of benzene rings is 1. The maximum absolute atomic E-state index is 10.9.